The minimum absolute atomic E-state index is 0.00148. The van der Waals surface area contributed by atoms with Gasteiger partial charge in [-0.1, -0.05) is 41.9 Å². The van der Waals surface area contributed by atoms with Crippen LogP contribution in [-0.4, -0.2) is 46.1 Å². The molecule has 1 amide bonds. The van der Waals surface area contributed by atoms with Crippen LogP contribution in [0, 0.1) is 29.6 Å². The Kier molecular flexibility index (Phi) is 13.3. The molecule has 226 valence electrons. The average molecular weight is 620 g/mol. The molecule has 1 aliphatic carbocycles. The quantitative estimate of drug-likeness (QED) is 0.105. The van der Waals surface area contributed by atoms with Crippen molar-refractivity contribution in [2.75, 3.05) is 18.5 Å². The van der Waals surface area contributed by atoms with Crippen molar-refractivity contribution in [2.24, 2.45) is 5.92 Å². The number of pyridine rings is 1. The van der Waals surface area contributed by atoms with Gasteiger partial charge in [-0.2, -0.15) is 0 Å². The SMILES string of the molecule is CC(C)N(PCCNC(=O)C1=CCC(C#Cc2ccc(C#Cc3ccc(SCCc4ccncc4)cc3)cc2)C=C1)C(C)C. The van der Waals surface area contributed by atoms with Gasteiger partial charge in [0.25, 0.3) is 5.91 Å². The van der Waals surface area contributed by atoms with Crippen LogP contribution < -0.4 is 5.32 Å². The molecule has 0 saturated heterocycles. The first-order valence-corrected chi connectivity index (χ1v) is 17.4. The lowest BCUT2D eigenvalue weighted by molar-refractivity contribution is -0.117. The maximum atomic E-state index is 12.6. The molecular formula is C38H42N3OPS. The van der Waals surface area contributed by atoms with E-state index in [1.807, 2.05) is 66.6 Å². The standard InChI is InChI=1S/C38H42N3OPS/c1-29(2)41(30(3)4)43-27-26-40-38(42)36-17-13-33(14-18-36)11-9-31-5-7-32(8-6-31)10-12-34-15-19-37(20-16-34)44-28-23-35-21-24-39-25-22-35/h5-8,13,15-22,24-25,29-30,33,43H,14,23,26-28H2,1-4H3,(H,40,42). The molecule has 4 rings (SSSR count). The molecule has 2 atom stereocenters. The van der Waals surface area contributed by atoms with Gasteiger partial charge < -0.3 is 5.32 Å². The number of aromatic nitrogens is 1. The second-order valence-corrected chi connectivity index (χ2v) is 13.7. The number of rotatable bonds is 11. The summed E-state index contributed by atoms with van der Waals surface area (Å²) in [6, 6.07) is 21.7. The van der Waals surface area contributed by atoms with Crippen LogP contribution in [0.25, 0.3) is 0 Å². The van der Waals surface area contributed by atoms with Crippen LogP contribution in [0.1, 0.15) is 56.4 Å². The van der Waals surface area contributed by atoms with Gasteiger partial charge in [-0.25, -0.2) is 0 Å². The second-order valence-electron chi connectivity index (χ2n) is 11.2. The molecule has 2 unspecified atom stereocenters. The molecule has 1 heterocycles. The van der Waals surface area contributed by atoms with Crippen LogP contribution >= 0.6 is 20.5 Å². The van der Waals surface area contributed by atoms with Crippen molar-refractivity contribution in [3.8, 4) is 23.7 Å². The van der Waals surface area contributed by atoms with Crippen LogP contribution in [0.3, 0.4) is 0 Å². The minimum Gasteiger partial charge on any atom is -0.352 e. The molecule has 0 fully saturated rings. The maximum Gasteiger partial charge on any atom is 0.250 e. The Hall–Kier alpha value is -3.60. The number of nitrogens with zero attached hydrogens (tertiary/aromatic N) is 2. The van der Waals surface area contributed by atoms with E-state index in [9.17, 15) is 4.79 Å². The number of aryl methyl sites for hydroxylation is 1. The smallest absolute Gasteiger partial charge is 0.250 e. The summed E-state index contributed by atoms with van der Waals surface area (Å²) < 4.78 is 2.48. The Labute approximate surface area is 270 Å². The van der Waals surface area contributed by atoms with Gasteiger partial charge in [-0.15, -0.1) is 11.8 Å². The van der Waals surface area contributed by atoms with E-state index < -0.39 is 0 Å². The van der Waals surface area contributed by atoms with Crippen LogP contribution in [0.4, 0.5) is 0 Å². The lowest BCUT2D eigenvalue weighted by Gasteiger charge is -2.30. The van der Waals surface area contributed by atoms with E-state index in [1.54, 1.807) is 0 Å². The molecule has 1 aromatic heterocycles. The fraction of sp³-hybridized carbons (Fsp3) is 0.316. The summed E-state index contributed by atoms with van der Waals surface area (Å²) in [5.41, 5.74) is 4.97. The molecule has 0 radical (unpaired) electrons. The third-order valence-electron chi connectivity index (χ3n) is 7.08. The molecule has 1 aliphatic rings. The molecule has 2 aromatic carbocycles. The average Bonchev–Trinajstić information content (AvgIpc) is 3.04. The zero-order valence-corrected chi connectivity index (χ0v) is 28.0. The molecule has 0 bridgehead atoms. The highest BCUT2D eigenvalue weighted by Crippen LogP contribution is 2.24. The van der Waals surface area contributed by atoms with Gasteiger partial charge in [-0.05, 0) is 122 Å². The van der Waals surface area contributed by atoms with Gasteiger partial charge >= 0.3 is 0 Å². The van der Waals surface area contributed by atoms with Crippen molar-refractivity contribution in [3.05, 3.63) is 119 Å². The Morgan fingerprint density at radius 1 is 0.932 bits per heavy atom. The van der Waals surface area contributed by atoms with E-state index in [0.29, 0.717) is 27.4 Å². The van der Waals surface area contributed by atoms with E-state index in [-0.39, 0.29) is 11.8 Å². The minimum atomic E-state index is 0.00148. The van der Waals surface area contributed by atoms with E-state index in [1.165, 1.54) is 10.5 Å². The Bertz CT molecular complexity index is 1530. The predicted octanol–water partition coefficient (Wildman–Crippen LogP) is 7.50. The Morgan fingerprint density at radius 2 is 1.55 bits per heavy atom. The van der Waals surface area contributed by atoms with E-state index in [4.69, 9.17) is 0 Å². The first-order chi connectivity index (χ1) is 21.4. The number of hydrogen-bond donors (Lipinski definition) is 1. The molecule has 44 heavy (non-hydrogen) atoms. The number of carbonyl (C=O) groups is 1. The van der Waals surface area contributed by atoms with Crippen molar-refractivity contribution >= 4 is 26.4 Å². The number of carbonyl (C=O) groups excluding carboxylic acids is 1. The summed E-state index contributed by atoms with van der Waals surface area (Å²) in [7, 11) is 0.716. The third kappa shape index (κ3) is 11.2. The van der Waals surface area contributed by atoms with Gasteiger partial charge in [-0.3, -0.25) is 14.4 Å². The Morgan fingerprint density at radius 3 is 2.14 bits per heavy atom. The molecule has 0 saturated carbocycles. The first kappa shape index (κ1) is 33.3. The summed E-state index contributed by atoms with van der Waals surface area (Å²) in [6.07, 6.45) is 12.4. The zero-order valence-electron chi connectivity index (χ0n) is 26.1. The summed E-state index contributed by atoms with van der Waals surface area (Å²) in [5, 5.41) is 3.07. The molecular weight excluding hydrogens is 577 g/mol. The molecule has 6 heteroatoms. The molecule has 3 aromatic rings. The molecule has 1 N–H and O–H groups in total. The predicted molar refractivity (Wildman–Crippen MR) is 188 cm³/mol. The number of allylic oxidation sites excluding steroid dienone is 2. The largest absolute Gasteiger partial charge is 0.352 e. The number of hydrogen-bond acceptors (Lipinski definition) is 4. The Balaban J connectivity index is 1.19. The maximum absolute atomic E-state index is 12.6. The normalized spacial score (nSPS) is 14.3. The monoisotopic (exact) mass is 619 g/mol. The number of nitrogens with one attached hydrogen (secondary N) is 1. The van der Waals surface area contributed by atoms with Crippen LogP contribution in [-0.2, 0) is 11.2 Å². The lowest BCUT2D eigenvalue weighted by Crippen LogP contribution is -2.32. The topological polar surface area (TPSA) is 45.2 Å². The third-order valence-corrected chi connectivity index (χ3v) is 9.97. The zero-order chi connectivity index (χ0) is 31.1. The highest BCUT2D eigenvalue weighted by Gasteiger charge is 2.14. The summed E-state index contributed by atoms with van der Waals surface area (Å²) in [6.45, 7) is 9.59. The lowest BCUT2D eigenvalue weighted by atomic mass is 9.96. The first-order valence-electron chi connectivity index (χ1n) is 15.3. The van der Waals surface area contributed by atoms with E-state index in [0.717, 1.165) is 47.0 Å². The van der Waals surface area contributed by atoms with Gasteiger partial charge in [0.1, 0.15) is 0 Å². The highest BCUT2D eigenvalue weighted by molar-refractivity contribution is 7.99. The molecule has 0 aliphatic heterocycles. The molecule has 0 spiro atoms. The summed E-state index contributed by atoms with van der Waals surface area (Å²) >= 11 is 1.85. The van der Waals surface area contributed by atoms with E-state index >= 15 is 0 Å². The van der Waals surface area contributed by atoms with Gasteiger partial charge in [0, 0.05) is 69.9 Å². The molecule has 4 nitrogen and oxygen atoms in total. The van der Waals surface area contributed by atoms with Crippen molar-refractivity contribution < 1.29 is 4.79 Å². The van der Waals surface area contributed by atoms with Crippen LogP contribution in [0.5, 0.6) is 0 Å². The van der Waals surface area contributed by atoms with Crippen LogP contribution in [0.2, 0.25) is 0 Å². The highest BCUT2D eigenvalue weighted by atomic mass is 32.2. The van der Waals surface area contributed by atoms with Crippen LogP contribution in [0.15, 0.2) is 102 Å². The fourth-order valence-corrected chi connectivity index (χ4v) is 6.88. The van der Waals surface area contributed by atoms with Gasteiger partial charge in [0.15, 0.2) is 0 Å². The fourth-order valence-electron chi connectivity index (χ4n) is 4.75. The van der Waals surface area contributed by atoms with E-state index in [2.05, 4.69) is 103 Å². The number of thioether (sulfide) groups is 1. The van der Waals surface area contributed by atoms with Crippen molar-refractivity contribution in [2.45, 2.75) is 57.5 Å². The van der Waals surface area contributed by atoms with Gasteiger partial charge in [0.05, 0.1) is 0 Å². The summed E-state index contributed by atoms with van der Waals surface area (Å²) in [4.78, 5) is 17.9. The number of benzene rings is 2. The van der Waals surface area contributed by atoms with Crippen molar-refractivity contribution in [1.82, 2.24) is 15.0 Å². The second kappa shape index (κ2) is 17.6. The number of amides is 1. The van der Waals surface area contributed by atoms with Crippen molar-refractivity contribution in [1.29, 1.82) is 0 Å². The van der Waals surface area contributed by atoms with Gasteiger partial charge in [0.2, 0.25) is 0 Å². The van der Waals surface area contributed by atoms with Crippen molar-refractivity contribution in [3.63, 3.8) is 0 Å². The summed E-state index contributed by atoms with van der Waals surface area (Å²) in [5.74, 6) is 14.3.